The summed E-state index contributed by atoms with van der Waals surface area (Å²) in [5, 5.41) is 6.13. The highest BCUT2D eigenvalue weighted by molar-refractivity contribution is 6.16. The molecule has 12 aromatic carbocycles. The average molecular weight is 1370 g/mol. The topological polar surface area (TPSA) is 102 Å². The Labute approximate surface area is 621 Å². The number of aliphatic imine (C=N–C) groups is 2. The van der Waals surface area contributed by atoms with Crippen LogP contribution in [-0.2, 0) is 11.0 Å². The number of aromatic nitrogens is 6. The van der Waals surface area contributed by atoms with Crippen LogP contribution in [-0.4, -0.2) is 41.3 Å². The molecule has 0 spiro atoms. The van der Waals surface area contributed by atoms with Gasteiger partial charge in [0.1, 0.15) is 0 Å². The first-order chi connectivity index (χ1) is 52.1. The Morgan fingerprint density at radius 3 is 1.32 bits per heavy atom. The van der Waals surface area contributed by atoms with Crippen LogP contribution in [0.2, 0.25) is 0 Å². The third kappa shape index (κ3) is 17.8. The van der Waals surface area contributed by atoms with Gasteiger partial charge in [-0.15, -0.1) is 0 Å². The molecule has 8 nitrogen and oxygen atoms in total. The van der Waals surface area contributed by atoms with Gasteiger partial charge in [-0.25, -0.2) is 15.0 Å². The van der Waals surface area contributed by atoms with Crippen LogP contribution in [0.5, 0.6) is 0 Å². The van der Waals surface area contributed by atoms with Crippen molar-refractivity contribution in [1.29, 1.82) is 0 Å². The molecule has 8 heteroatoms. The summed E-state index contributed by atoms with van der Waals surface area (Å²) in [6, 6.07) is 130. The second-order valence-corrected chi connectivity index (χ2v) is 26.2. The Bertz CT molecular complexity index is 5390. The van der Waals surface area contributed by atoms with E-state index in [9.17, 15) is 0 Å². The van der Waals surface area contributed by atoms with Gasteiger partial charge < -0.3 is 0 Å². The van der Waals surface area contributed by atoms with Crippen LogP contribution in [0.3, 0.4) is 0 Å². The minimum Gasteiger partial charge on any atom is -0.273 e. The summed E-state index contributed by atoms with van der Waals surface area (Å²) in [4.78, 5) is 35.7. The molecule has 0 atom stereocenters. The number of benzene rings is 12. The van der Waals surface area contributed by atoms with Gasteiger partial charge in [-0.05, 0) is 101 Å². The monoisotopic (exact) mass is 1370 g/mol. The Balaban J connectivity index is 0.000000110. The molecule has 2 aliphatic rings. The largest absolute Gasteiger partial charge is 0.273 e. The summed E-state index contributed by atoms with van der Waals surface area (Å²) in [7, 11) is 0. The molecule has 0 saturated carbocycles. The summed E-state index contributed by atoms with van der Waals surface area (Å²) in [6.45, 7) is 8.82. The summed E-state index contributed by atoms with van der Waals surface area (Å²) >= 11 is 0. The SMILES string of the molecule is CC1(C)C(c2ccccc2)=Nc2ccccc21.CC1(C)N=C(c2ccccc2)c2ccccc21.c1ccc(-c2ccc3ccccc3n2)cc1.c1ccc(-c2cccc3ccccc23)nc1.c1ccc(-c2ccccn2)cc1.c1ccc(-c2nccc3ccccc23)cc1.c1ccc(-c2ncccn2)cc1. The van der Waals surface area contributed by atoms with Crippen LogP contribution < -0.4 is 0 Å². The third-order valence-electron chi connectivity index (χ3n) is 18.2. The highest BCUT2D eigenvalue weighted by Gasteiger charge is 2.35. The Morgan fingerprint density at radius 2 is 0.708 bits per heavy atom. The van der Waals surface area contributed by atoms with Crippen molar-refractivity contribution < 1.29 is 0 Å². The molecule has 0 N–H and O–H groups in total. The molecule has 512 valence electrons. The van der Waals surface area contributed by atoms with E-state index in [1.165, 1.54) is 71.6 Å². The van der Waals surface area contributed by atoms with Crippen LogP contribution in [0.15, 0.2) is 423 Å². The van der Waals surface area contributed by atoms with Crippen molar-refractivity contribution in [3.8, 4) is 56.4 Å². The van der Waals surface area contributed by atoms with Gasteiger partial charge in [-0.1, -0.05) is 341 Å². The fourth-order valence-electron chi connectivity index (χ4n) is 12.9. The predicted molar refractivity (Wildman–Crippen MR) is 442 cm³/mol. The van der Waals surface area contributed by atoms with Crippen LogP contribution in [0, 0.1) is 0 Å². The molecule has 0 bridgehead atoms. The number of para-hydroxylation sites is 2. The molecule has 0 unspecified atom stereocenters. The quantitative estimate of drug-likeness (QED) is 0.158. The normalized spacial score (nSPS) is 12.2. The van der Waals surface area contributed by atoms with Gasteiger partial charge in [0.25, 0.3) is 0 Å². The molecule has 7 heterocycles. The molecule has 5 aromatic heterocycles. The maximum Gasteiger partial charge on any atom is 0.159 e. The van der Waals surface area contributed by atoms with E-state index >= 15 is 0 Å². The first-order valence-corrected chi connectivity index (χ1v) is 35.6. The van der Waals surface area contributed by atoms with E-state index in [-0.39, 0.29) is 11.0 Å². The zero-order valence-corrected chi connectivity index (χ0v) is 59.8. The zero-order valence-electron chi connectivity index (χ0n) is 59.8. The first kappa shape index (κ1) is 70.9. The van der Waals surface area contributed by atoms with Gasteiger partial charge in [-0.2, -0.15) is 0 Å². The highest BCUT2D eigenvalue weighted by atomic mass is 14.9. The van der Waals surface area contributed by atoms with Crippen molar-refractivity contribution in [3.05, 3.63) is 441 Å². The van der Waals surface area contributed by atoms with Crippen molar-refractivity contribution in [2.45, 2.75) is 38.6 Å². The van der Waals surface area contributed by atoms with E-state index < -0.39 is 0 Å². The molecule has 0 radical (unpaired) electrons. The lowest BCUT2D eigenvalue weighted by molar-refractivity contribution is 0.572. The summed E-state index contributed by atoms with van der Waals surface area (Å²) < 4.78 is 0. The Morgan fingerprint density at radius 1 is 0.255 bits per heavy atom. The van der Waals surface area contributed by atoms with Crippen molar-refractivity contribution in [2.75, 3.05) is 0 Å². The maximum absolute atomic E-state index is 4.88. The van der Waals surface area contributed by atoms with Crippen molar-refractivity contribution in [2.24, 2.45) is 9.98 Å². The molecule has 0 aliphatic carbocycles. The summed E-state index contributed by atoms with van der Waals surface area (Å²) in [6.07, 6.45) is 8.99. The van der Waals surface area contributed by atoms with Crippen molar-refractivity contribution >= 4 is 49.6 Å². The summed E-state index contributed by atoms with van der Waals surface area (Å²) in [5.41, 5.74) is 20.5. The first-order valence-electron chi connectivity index (χ1n) is 35.6. The van der Waals surface area contributed by atoms with Crippen LogP contribution >= 0.6 is 0 Å². The predicted octanol–water partition coefficient (Wildman–Crippen LogP) is 24.5. The van der Waals surface area contributed by atoms with Crippen LogP contribution in [0.25, 0.3) is 88.9 Å². The molecule has 19 rings (SSSR count). The molecule has 0 amide bonds. The third-order valence-corrected chi connectivity index (χ3v) is 18.2. The van der Waals surface area contributed by atoms with Gasteiger partial charge >= 0.3 is 0 Å². The minimum atomic E-state index is -0.109. The number of hydrogen-bond donors (Lipinski definition) is 0. The van der Waals surface area contributed by atoms with E-state index in [4.69, 9.17) is 9.98 Å². The second kappa shape index (κ2) is 34.9. The van der Waals surface area contributed by atoms with E-state index in [2.05, 4.69) is 270 Å². The lowest BCUT2D eigenvalue weighted by Gasteiger charge is -2.22. The zero-order chi connectivity index (χ0) is 72.6. The molecule has 0 saturated heterocycles. The number of hydrogen-bond acceptors (Lipinski definition) is 8. The average Bonchev–Trinajstić information content (AvgIpc) is 1.61. The van der Waals surface area contributed by atoms with Gasteiger partial charge in [-0.3, -0.25) is 24.9 Å². The van der Waals surface area contributed by atoms with Crippen molar-refractivity contribution in [1.82, 2.24) is 29.9 Å². The fourth-order valence-corrected chi connectivity index (χ4v) is 12.9. The standard InChI is InChI=1S/2C16H15N.3C15H11N.C11H9N.C10H8N2/c1-16(2)13-10-6-7-11-14(13)17-15(16)12-8-4-3-5-9-12;1-16(2)14-11-7-6-10-13(14)15(17-16)12-8-4-3-5-9-12;1-2-8-13-12(6-1)7-5-9-14(13)15-10-3-4-11-16-15;1-2-7-13(8-3-1)15-14-9-5-4-6-12(14)10-11-16-15;1-2-6-12(7-3-1)15-11-10-13-8-4-5-9-14(13)16-15;1-2-6-10(7-3-1)11-8-4-5-9-12-11;1-2-5-9(6-3-1)10-11-7-4-8-12-10/h2*3-11H,1-2H3;3*1-11H;1-9H;1-8H. The van der Waals surface area contributed by atoms with Gasteiger partial charge in [0, 0.05) is 86.1 Å². The smallest absolute Gasteiger partial charge is 0.159 e. The lowest BCUT2D eigenvalue weighted by atomic mass is 9.79. The number of fused-ring (bicyclic) bond motifs is 5. The van der Waals surface area contributed by atoms with E-state index in [0.717, 1.165) is 62.2 Å². The van der Waals surface area contributed by atoms with E-state index in [1.54, 1.807) is 12.4 Å². The molecular weight excluding hydrogens is 1290 g/mol. The Hall–Kier alpha value is -13.6. The number of nitrogens with zero attached hydrogens (tertiary/aromatic N) is 8. The van der Waals surface area contributed by atoms with Crippen LogP contribution in [0.1, 0.15) is 55.5 Å². The molecule has 17 aromatic rings. The number of rotatable bonds is 7. The minimum absolute atomic E-state index is 0.00204. The fraction of sp³-hybridized carbons (Fsp3) is 0.0612. The lowest BCUT2D eigenvalue weighted by Crippen LogP contribution is -2.26. The van der Waals surface area contributed by atoms with Crippen molar-refractivity contribution in [3.63, 3.8) is 0 Å². The van der Waals surface area contributed by atoms with E-state index in [0.29, 0.717) is 0 Å². The molecule has 0 fully saturated rings. The molecule has 106 heavy (non-hydrogen) atoms. The van der Waals surface area contributed by atoms with Crippen LogP contribution in [0.4, 0.5) is 5.69 Å². The second-order valence-electron chi connectivity index (χ2n) is 26.2. The molecule has 2 aliphatic heterocycles. The Kier molecular flexibility index (Phi) is 23.3. The maximum atomic E-state index is 4.88. The van der Waals surface area contributed by atoms with Gasteiger partial charge in [0.05, 0.1) is 50.9 Å². The highest BCUT2D eigenvalue weighted by Crippen LogP contribution is 2.42. The molecular formula is C98H80N8. The van der Waals surface area contributed by atoms with E-state index in [1.807, 2.05) is 188 Å². The summed E-state index contributed by atoms with van der Waals surface area (Å²) in [5.74, 6) is 0.776. The van der Waals surface area contributed by atoms with Gasteiger partial charge in [0.15, 0.2) is 5.82 Å². The number of pyridine rings is 4. The van der Waals surface area contributed by atoms with Gasteiger partial charge in [0.2, 0.25) is 0 Å².